The zero-order chi connectivity index (χ0) is 23.4. The zero-order valence-electron chi connectivity index (χ0n) is 19.4. The van der Waals surface area contributed by atoms with Gasteiger partial charge in [0.25, 0.3) is 0 Å². The molecule has 2 fully saturated rings. The summed E-state index contributed by atoms with van der Waals surface area (Å²) in [5, 5.41) is 6.00. The Morgan fingerprint density at radius 3 is 1.97 bits per heavy atom. The van der Waals surface area contributed by atoms with Crippen LogP contribution in [-0.4, -0.2) is 47.3 Å². The topological polar surface area (TPSA) is 105 Å². The van der Waals surface area contributed by atoms with E-state index in [1.165, 1.54) is 0 Å². The SMILES string of the molecule is C[C@H](N)C(=O)N[C@H](C(=O)N1CCC[C@@H]1C(=O)NC(c1ccccc1)c1ccccc1)C1CC1.Cl. The number of benzene rings is 2. The van der Waals surface area contributed by atoms with Gasteiger partial charge in [0.05, 0.1) is 12.1 Å². The Morgan fingerprint density at radius 1 is 0.912 bits per heavy atom. The van der Waals surface area contributed by atoms with E-state index in [-0.39, 0.29) is 42.1 Å². The predicted molar refractivity (Wildman–Crippen MR) is 133 cm³/mol. The van der Waals surface area contributed by atoms with E-state index in [4.69, 9.17) is 5.73 Å². The fraction of sp³-hybridized carbons (Fsp3) is 0.423. The molecule has 4 rings (SSSR count). The van der Waals surface area contributed by atoms with E-state index in [9.17, 15) is 14.4 Å². The van der Waals surface area contributed by atoms with Crippen molar-refractivity contribution in [2.45, 2.75) is 56.8 Å². The van der Waals surface area contributed by atoms with Crippen molar-refractivity contribution >= 4 is 30.1 Å². The maximum atomic E-state index is 13.4. The number of nitrogens with zero attached hydrogens (tertiary/aromatic N) is 1. The molecule has 1 saturated heterocycles. The third-order valence-electron chi connectivity index (χ3n) is 6.46. The smallest absolute Gasteiger partial charge is 0.246 e. The molecule has 34 heavy (non-hydrogen) atoms. The van der Waals surface area contributed by atoms with Gasteiger partial charge in [-0.15, -0.1) is 12.4 Å². The number of halogens is 1. The van der Waals surface area contributed by atoms with Crippen molar-refractivity contribution in [1.82, 2.24) is 15.5 Å². The quantitative estimate of drug-likeness (QED) is 0.535. The van der Waals surface area contributed by atoms with Crippen molar-refractivity contribution in [1.29, 1.82) is 0 Å². The molecule has 3 amide bonds. The van der Waals surface area contributed by atoms with Crippen LogP contribution in [0, 0.1) is 5.92 Å². The second-order valence-corrected chi connectivity index (χ2v) is 9.06. The number of nitrogens with two attached hydrogens (primary N) is 1. The van der Waals surface area contributed by atoms with Crippen LogP contribution in [0.25, 0.3) is 0 Å². The molecular weight excluding hydrogens is 452 g/mol. The number of rotatable bonds is 8. The Bertz CT molecular complexity index is 943. The summed E-state index contributed by atoms with van der Waals surface area (Å²) in [6.45, 7) is 2.11. The highest BCUT2D eigenvalue weighted by Crippen LogP contribution is 2.35. The van der Waals surface area contributed by atoms with Crippen molar-refractivity contribution in [2.24, 2.45) is 11.7 Å². The summed E-state index contributed by atoms with van der Waals surface area (Å²) in [6, 6.07) is 17.5. The van der Waals surface area contributed by atoms with E-state index in [2.05, 4.69) is 10.6 Å². The Hall–Kier alpha value is -2.90. The minimum Gasteiger partial charge on any atom is -0.343 e. The van der Waals surface area contributed by atoms with Crippen LogP contribution in [0.3, 0.4) is 0 Å². The standard InChI is InChI=1S/C26H32N4O3.ClH/c1-17(27)24(31)29-23(20-14-15-20)26(33)30-16-8-13-21(30)25(32)28-22(18-9-4-2-5-10-18)19-11-6-3-7-12-19;/h2-7,9-12,17,20-23H,8,13-16,27H2,1H3,(H,28,32)(H,29,31);1H/t17-,21+,23-;/m0./s1. The van der Waals surface area contributed by atoms with Crippen molar-refractivity contribution < 1.29 is 14.4 Å². The minimum atomic E-state index is -0.686. The maximum absolute atomic E-state index is 13.4. The molecule has 1 saturated carbocycles. The Balaban J connectivity index is 0.00000324. The molecule has 0 bridgehead atoms. The second kappa shape index (κ2) is 11.5. The molecule has 2 aromatic carbocycles. The Kier molecular flexibility index (Phi) is 8.69. The first-order chi connectivity index (χ1) is 16.0. The molecule has 0 spiro atoms. The van der Waals surface area contributed by atoms with Crippen LogP contribution in [0.15, 0.2) is 60.7 Å². The average molecular weight is 485 g/mol. The number of likely N-dealkylation sites (tertiary alicyclic amines) is 1. The van der Waals surface area contributed by atoms with Crippen LogP contribution in [-0.2, 0) is 14.4 Å². The summed E-state index contributed by atoms with van der Waals surface area (Å²) in [5.74, 6) is -0.577. The monoisotopic (exact) mass is 484 g/mol. The van der Waals surface area contributed by atoms with E-state index in [0.29, 0.717) is 13.0 Å². The van der Waals surface area contributed by atoms with Gasteiger partial charge in [-0.2, -0.15) is 0 Å². The lowest BCUT2D eigenvalue weighted by molar-refractivity contribution is -0.142. The molecule has 4 N–H and O–H groups in total. The van der Waals surface area contributed by atoms with Gasteiger partial charge in [-0.05, 0) is 49.7 Å². The first kappa shape index (κ1) is 25.7. The molecule has 0 aromatic heterocycles. The molecular formula is C26H33ClN4O3. The average Bonchev–Trinajstić information content (AvgIpc) is 3.56. The first-order valence-corrected chi connectivity index (χ1v) is 11.7. The van der Waals surface area contributed by atoms with Gasteiger partial charge < -0.3 is 21.3 Å². The summed E-state index contributed by atoms with van der Waals surface area (Å²) in [6.07, 6.45) is 3.14. The molecule has 2 aliphatic rings. The molecule has 1 heterocycles. The summed E-state index contributed by atoms with van der Waals surface area (Å²) in [4.78, 5) is 40.7. The van der Waals surface area contributed by atoms with Crippen LogP contribution in [0.1, 0.15) is 49.8 Å². The summed E-state index contributed by atoms with van der Waals surface area (Å²) in [5.41, 5.74) is 7.66. The van der Waals surface area contributed by atoms with Crippen LogP contribution in [0.4, 0.5) is 0 Å². The van der Waals surface area contributed by atoms with Gasteiger partial charge in [0.1, 0.15) is 12.1 Å². The number of hydrogen-bond donors (Lipinski definition) is 3. The van der Waals surface area contributed by atoms with E-state index < -0.39 is 18.1 Å². The summed E-state index contributed by atoms with van der Waals surface area (Å²) in [7, 11) is 0. The highest BCUT2D eigenvalue weighted by atomic mass is 35.5. The van der Waals surface area contributed by atoms with E-state index in [1.807, 2.05) is 60.7 Å². The third kappa shape index (κ3) is 5.96. The van der Waals surface area contributed by atoms with Gasteiger partial charge in [0.15, 0.2) is 0 Å². The van der Waals surface area contributed by atoms with Crippen molar-refractivity contribution in [3.05, 3.63) is 71.8 Å². The van der Waals surface area contributed by atoms with Crippen molar-refractivity contribution in [3.63, 3.8) is 0 Å². The molecule has 0 radical (unpaired) electrons. The second-order valence-electron chi connectivity index (χ2n) is 9.06. The van der Waals surface area contributed by atoms with Gasteiger partial charge in [0, 0.05) is 6.54 Å². The largest absolute Gasteiger partial charge is 0.343 e. The van der Waals surface area contributed by atoms with Gasteiger partial charge in [0.2, 0.25) is 17.7 Å². The van der Waals surface area contributed by atoms with Gasteiger partial charge in [-0.1, -0.05) is 60.7 Å². The molecule has 2 aromatic rings. The number of carbonyl (C=O) groups excluding carboxylic acids is 3. The van der Waals surface area contributed by atoms with Crippen molar-refractivity contribution in [3.8, 4) is 0 Å². The molecule has 182 valence electrons. The highest BCUT2D eigenvalue weighted by Gasteiger charge is 2.44. The predicted octanol–water partition coefficient (Wildman–Crippen LogP) is 2.55. The van der Waals surface area contributed by atoms with Gasteiger partial charge >= 0.3 is 0 Å². The fourth-order valence-electron chi connectivity index (χ4n) is 4.47. The highest BCUT2D eigenvalue weighted by molar-refractivity contribution is 5.94. The van der Waals surface area contributed by atoms with Gasteiger partial charge in [-0.25, -0.2) is 0 Å². The summed E-state index contributed by atoms with van der Waals surface area (Å²) < 4.78 is 0. The number of nitrogens with one attached hydrogen (secondary N) is 2. The molecule has 0 unspecified atom stereocenters. The fourth-order valence-corrected chi connectivity index (χ4v) is 4.47. The minimum absolute atomic E-state index is 0. The Morgan fingerprint density at radius 2 is 1.47 bits per heavy atom. The number of carbonyl (C=O) groups is 3. The van der Waals surface area contributed by atoms with Crippen LogP contribution in [0.5, 0.6) is 0 Å². The molecule has 3 atom stereocenters. The lowest BCUT2D eigenvalue weighted by atomic mass is 9.98. The first-order valence-electron chi connectivity index (χ1n) is 11.7. The molecule has 8 heteroatoms. The third-order valence-corrected chi connectivity index (χ3v) is 6.46. The molecule has 7 nitrogen and oxygen atoms in total. The van der Waals surface area contributed by atoms with Crippen LogP contribution < -0.4 is 16.4 Å². The van der Waals surface area contributed by atoms with Crippen LogP contribution >= 0.6 is 12.4 Å². The lowest BCUT2D eigenvalue weighted by Crippen LogP contribution is -2.56. The van der Waals surface area contributed by atoms with Gasteiger partial charge in [-0.3, -0.25) is 14.4 Å². The van der Waals surface area contributed by atoms with E-state index in [0.717, 1.165) is 30.4 Å². The maximum Gasteiger partial charge on any atom is 0.246 e. The number of hydrogen-bond acceptors (Lipinski definition) is 4. The van der Waals surface area contributed by atoms with Crippen LogP contribution in [0.2, 0.25) is 0 Å². The van der Waals surface area contributed by atoms with Crippen molar-refractivity contribution in [2.75, 3.05) is 6.54 Å². The normalized spacial score (nSPS) is 19.1. The lowest BCUT2D eigenvalue weighted by Gasteiger charge is -2.30. The molecule has 1 aliphatic carbocycles. The van der Waals surface area contributed by atoms with E-state index in [1.54, 1.807) is 11.8 Å². The molecule has 1 aliphatic heterocycles. The summed E-state index contributed by atoms with van der Waals surface area (Å²) >= 11 is 0. The van der Waals surface area contributed by atoms with E-state index >= 15 is 0 Å². The zero-order valence-corrected chi connectivity index (χ0v) is 20.2. The number of amides is 3. The Labute approximate surface area is 206 Å².